The van der Waals surface area contributed by atoms with Gasteiger partial charge in [-0.1, -0.05) is 0 Å². The number of hydrogen-bond donors (Lipinski definition) is 0. The first-order valence-electron chi connectivity index (χ1n) is 3.18. The van der Waals surface area contributed by atoms with E-state index in [1.54, 1.807) is 4.90 Å². The molecular weight excluding hydrogens is 130 g/mol. The molecule has 0 saturated heterocycles. The molecule has 0 aromatic rings. The van der Waals surface area contributed by atoms with Crippen LogP contribution >= 0.6 is 0 Å². The van der Waals surface area contributed by atoms with E-state index in [0.29, 0.717) is 18.8 Å². The van der Waals surface area contributed by atoms with E-state index in [-0.39, 0.29) is 0 Å². The highest BCUT2D eigenvalue weighted by Crippen LogP contribution is 1.97. The van der Waals surface area contributed by atoms with Crippen LogP contribution in [0.15, 0.2) is 12.0 Å². The highest BCUT2D eigenvalue weighted by atomic mass is 16.5. The van der Waals surface area contributed by atoms with Crippen LogP contribution in [0.1, 0.15) is 6.92 Å². The van der Waals surface area contributed by atoms with Crippen molar-refractivity contribution in [3.05, 3.63) is 12.0 Å². The fourth-order valence-electron chi connectivity index (χ4n) is 0.532. The highest BCUT2D eigenvalue weighted by molar-refractivity contribution is 5.65. The van der Waals surface area contributed by atoms with Crippen LogP contribution in [0.3, 0.4) is 0 Å². The summed E-state index contributed by atoms with van der Waals surface area (Å²) in [6.45, 7) is 2.46. The van der Waals surface area contributed by atoms with Gasteiger partial charge in [-0.2, -0.15) is 0 Å². The van der Waals surface area contributed by atoms with Crippen molar-refractivity contribution in [1.82, 2.24) is 4.90 Å². The van der Waals surface area contributed by atoms with Crippen molar-refractivity contribution in [1.29, 1.82) is 0 Å². The fraction of sp³-hybridized carbons (Fsp3) is 0.571. The second kappa shape index (κ2) is 4.85. The Balaban J connectivity index is 3.97. The lowest BCUT2D eigenvalue weighted by Gasteiger charge is -2.15. The maximum absolute atomic E-state index is 10.0. The topological polar surface area (TPSA) is 29.5 Å². The van der Waals surface area contributed by atoms with Crippen LogP contribution in [-0.4, -0.2) is 31.9 Å². The summed E-state index contributed by atoms with van der Waals surface area (Å²) >= 11 is 0. The van der Waals surface area contributed by atoms with Crippen molar-refractivity contribution in [3.8, 4) is 0 Å². The first-order valence-corrected chi connectivity index (χ1v) is 3.18. The molecule has 3 nitrogen and oxygen atoms in total. The summed E-state index contributed by atoms with van der Waals surface area (Å²) < 4.78 is 5.10. The van der Waals surface area contributed by atoms with E-state index in [2.05, 4.69) is 0 Å². The van der Waals surface area contributed by atoms with Crippen LogP contribution in [0, 0.1) is 0 Å². The van der Waals surface area contributed by atoms with Gasteiger partial charge < -0.3 is 9.64 Å². The Hall–Kier alpha value is -0.990. The van der Waals surface area contributed by atoms with Gasteiger partial charge in [0.25, 0.3) is 0 Å². The zero-order chi connectivity index (χ0) is 7.98. The van der Waals surface area contributed by atoms with E-state index in [1.807, 2.05) is 21.0 Å². The second-order valence-corrected chi connectivity index (χ2v) is 1.97. The number of carbonyl (C=O) groups excluding carboxylic acids is 1. The molecule has 0 bridgehead atoms. The largest absolute Gasteiger partial charge is 0.479 e. The molecule has 0 atom stereocenters. The molecule has 0 N–H and O–H groups in total. The van der Waals surface area contributed by atoms with Gasteiger partial charge >= 0.3 is 0 Å². The van der Waals surface area contributed by atoms with Crippen LogP contribution in [0.4, 0.5) is 0 Å². The van der Waals surface area contributed by atoms with Gasteiger partial charge in [0.1, 0.15) is 6.29 Å². The van der Waals surface area contributed by atoms with E-state index in [0.717, 1.165) is 0 Å². The van der Waals surface area contributed by atoms with E-state index < -0.39 is 0 Å². The standard InChI is InChI=1S/C7H13NO2/c1-4-10-7(5-6-9)8(2)3/h5-6H,4H2,1-3H3. The number of ether oxygens (including phenoxy) is 1. The summed E-state index contributed by atoms with van der Waals surface area (Å²) in [5, 5.41) is 0. The Morgan fingerprint density at radius 2 is 2.20 bits per heavy atom. The third-order valence-electron chi connectivity index (χ3n) is 0.944. The smallest absolute Gasteiger partial charge is 0.192 e. The summed E-state index contributed by atoms with van der Waals surface area (Å²) in [5.74, 6) is 0.595. The van der Waals surface area contributed by atoms with Crippen LogP contribution < -0.4 is 0 Å². The normalized spacial score (nSPS) is 10.9. The van der Waals surface area contributed by atoms with Crippen molar-refractivity contribution in [2.24, 2.45) is 0 Å². The zero-order valence-electron chi connectivity index (χ0n) is 6.63. The van der Waals surface area contributed by atoms with Gasteiger partial charge in [0, 0.05) is 20.2 Å². The van der Waals surface area contributed by atoms with E-state index in [9.17, 15) is 4.79 Å². The average Bonchev–Trinajstić information content (AvgIpc) is 1.87. The predicted octanol–water partition coefficient (Wildman–Crippen LogP) is 0.625. The Labute approximate surface area is 61.3 Å². The molecule has 0 heterocycles. The van der Waals surface area contributed by atoms with Gasteiger partial charge in [-0.25, -0.2) is 0 Å². The highest BCUT2D eigenvalue weighted by Gasteiger charge is 1.96. The molecule has 0 saturated carbocycles. The summed E-state index contributed by atoms with van der Waals surface area (Å²) in [6.07, 6.45) is 2.11. The molecule has 0 aliphatic rings. The molecule has 0 rings (SSSR count). The van der Waals surface area contributed by atoms with Crippen LogP contribution in [0.25, 0.3) is 0 Å². The van der Waals surface area contributed by atoms with Crippen LogP contribution in [0.5, 0.6) is 0 Å². The quantitative estimate of drug-likeness (QED) is 0.328. The Morgan fingerprint density at radius 1 is 1.60 bits per heavy atom. The molecule has 0 aromatic carbocycles. The minimum Gasteiger partial charge on any atom is -0.479 e. The van der Waals surface area contributed by atoms with Gasteiger partial charge in [0.2, 0.25) is 0 Å². The summed E-state index contributed by atoms with van der Waals surface area (Å²) in [5.41, 5.74) is 0. The molecule has 0 aliphatic carbocycles. The lowest BCUT2D eigenvalue weighted by molar-refractivity contribution is -0.104. The molecule has 0 radical (unpaired) electrons. The average molecular weight is 143 g/mol. The molecule has 10 heavy (non-hydrogen) atoms. The minimum atomic E-state index is 0.581. The first-order chi connectivity index (χ1) is 4.72. The number of allylic oxidation sites excluding steroid dienone is 1. The molecule has 0 unspecified atom stereocenters. The van der Waals surface area contributed by atoms with Gasteiger partial charge in [-0.05, 0) is 6.92 Å². The molecule has 0 amide bonds. The number of nitrogens with zero attached hydrogens (tertiary/aromatic N) is 1. The lowest BCUT2D eigenvalue weighted by Crippen LogP contribution is -2.14. The van der Waals surface area contributed by atoms with Crippen molar-refractivity contribution in [2.45, 2.75) is 6.92 Å². The monoisotopic (exact) mass is 143 g/mol. The molecule has 58 valence electrons. The van der Waals surface area contributed by atoms with Crippen molar-refractivity contribution in [3.63, 3.8) is 0 Å². The maximum Gasteiger partial charge on any atom is 0.192 e. The lowest BCUT2D eigenvalue weighted by atomic mass is 10.6. The third kappa shape index (κ3) is 3.12. The van der Waals surface area contributed by atoms with Gasteiger partial charge in [-0.3, -0.25) is 4.79 Å². The number of aldehydes is 1. The number of hydrogen-bond acceptors (Lipinski definition) is 3. The molecule has 0 fully saturated rings. The molecular formula is C7H13NO2. The maximum atomic E-state index is 10.0. The Bertz CT molecular complexity index is 130. The minimum absolute atomic E-state index is 0.581. The van der Waals surface area contributed by atoms with Crippen molar-refractivity contribution in [2.75, 3.05) is 20.7 Å². The Morgan fingerprint density at radius 3 is 2.50 bits per heavy atom. The Kier molecular flexibility index (Phi) is 4.37. The molecule has 0 aromatic heterocycles. The zero-order valence-corrected chi connectivity index (χ0v) is 6.63. The van der Waals surface area contributed by atoms with E-state index >= 15 is 0 Å². The summed E-state index contributed by atoms with van der Waals surface area (Å²) in [6, 6.07) is 0. The van der Waals surface area contributed by atoms with Gasteiger partial charge in [-0.15, -0.1) is 0 Å². The van der Waals surface area contributed by atoms with Crippen molar-refractivity contribution >= 4 is 6.29 Å². The predicted molar refractivity (Wildman–Crippen MR) is 39.5 cm³/mol. The van der Waals surface area contributed by atoms with Gasteiger partial charge in [0.05, 0.1) is 6.61 Å². The van der Waals surface area contributed by atoms with Crippen molar-refractivity contribution < 1.29 is 9.53 Å². The SMILES string of the molecule is CCOC(=CC=O)N(C)C. The van der Waals surface area contributed by atoms with Crippen LogP contribution in [-0.2, 0) is 9.53 Å². The summed E-state index contributed by atoms with van der Waals surface area (Å²) in [4.78, 5) is 11.8. The molecule has 3 heteroatoms. The number of rotatable bonds is 4. The molecule has 0 spiro atoms. The third-order valence-corrected chi connectivity index (χ3v) is 0.944. The second-order valence-electron chi connectivity index (χ2n) is 1.97. The number of carbonyl (C=O) groups is 1. The van der Waals surface area contributed by atoms with E-state index in [4.69, 9.17) is 4.74 Å². The molecule has 0 aliphatic heterocycles. The summed E-state index contributed by atoms with van der Waals surface area (Å²) in [7, 11) is 3.65. The fourth-order valence-corrected chi connectivity index (χ4v) is 0.532. The first kappa shape index (κ1) is 9.01. The van der Waals surface area contributed by atoms with Gasteiger partial charge in [0.15, 0.2) is 5.88 Å². The van der Waals surface area contributed by atoms with E-state index in [1.165, 1.54) is 6.08 Å². The van der Waals surface area contributed by atoms with Crippen LogP contribution in [0.2, 0.25) is 0 Å².